The Labute approximate surface area is 399 Å². The summed E-state index contributed by atoms with van der Waals surface area (Å²) in [5, 5.41) is 22.9. The standard InChI is InChI=1S/C58H111NO5/c1-3-5-7-9-11-13-14-28-32-36-40-44-48-52-58(63)64-53-49-45-41-37-33-30-27-25-23-21-19-17-15-16-18-20-22-24-26-29-31-35-39-43-47-51-57(62)59-55(54-60)56(61)50-46-42-38-34-12-10-8-6-4-2/h13-14,46,50,55-56,60-61H,3-12,15-45,47-49,51-54H2,1-2H3,(H,59,62)/b14-13-,50-46+. The van der Waals surface area contributed by atoms with Crippen molar-refractivity contribution < 1.29 is 24.5 Å². The SMILES string of the molecule is CCCCCC/C=C\CCCCCCCC(=O)OCCCCCCCCCCCCCCCCCCCCCCCCCCCC(=O)NC(CO)C(O)/C=C/CCCCCCCCC. The number of aliphatic hydroxyl groups is 2. The summed E-state index contributed by atoms with van der Waals surface area (Å²) in [6.45, 7) is 4.87. The average Bonchev–Trinajstić information content (AvgIpc) is 3.29. The first-order chi connectivity index (χ1) is 31.5. The van der Waals surface area contributed by atoms with Gasteiger partial charge in [-0.3, -0.25) is 9.59 Å². The van der Waals surface area contributed by atoms with Gasteiger partial charge in [0.25, 0.3) is 0 Å². The first kappa shape index (κ1) is 62.3. The number of hydrogen-bond donors (Lipinski definition) is 3. The molecule has 0 aromatic heterocycles. The Kier molecular flexibility index (Phi) is 52.6. The van der Waals surface area contributed by atoms with Crippen LogP contribution in [0.2, 0.25) is 0 Å². The van der Waals surface area contributed by atoms with E-state index in [1.807, 2.05) is 6.08 Å². The van der Waals surface area contributed by atoms with E-state index < -0.39 is 12.1 Å². The predicted octanol–water partition coefficient (Wildman–Crippen LogP) is 17.5. The van der Waals surface area contributed by atoms with Crippen molar-refractivity contribution in [2.24, 2.45) is 0 Å². The van der Waals surface area contributed by atoms with Gasteiger partial charge in [-0.1, -0.05) is 263 Å². The first-order valence-corrected chi connectivity index (χ1v) is 28.6. The Hall–Kier alpha value is -1.66. The maximum atomic E-state index is 12.4. The number of aliphatic hydroxyl groups excluding tert-OH is 2. The van der Waals surface area contributed by atoms with Crippen LogP contribution in [0, 0.1) is 0 Å². The van der Waals surface area contributed by atoms with Crippen LogP contribution in [0.15, 0.2) is 24.3 Å². The molecule has 0 radical (unpaired) electrons. The Morgan fingerprint density at radius 1 is 0.422 bits per heavy atom. The Morgan fingerprint density at radius 2 is 0.734 bits per heavy atom. The minimum absolute atomic E-state index is 0.00644. The summed E-state index contributed by atoms with van der Waals surface area (Å²) >= 11 is 0. The molecule has 0 aliphatic heterocycles. The number of carbonyl (C=O) groups excluding carboxylic acids is 2. The molecule has 0 aliphatic rings. The molecule has 2 unspecified atom stereocenters. The maximum absolute atomic E-state index is 12.4. The second kappa shape index (κ2) is 54.0. The molecule has 0 saturated carbocycles. The van der Waals surface area contributed by atoms with Crippen molar-refractivity contribution in [3.8, 4) is 0 Å². The summed E-state index contributed by atoms with van der Waals surface area (Å²) in [6.07, 6.45) is 65.0. The predicted molar refractivity (Wildman–Crippen MR) is 278 cm³/mol. The zero-order valence-electron chi connectivity index (χ0n) is 43.0. The van der Waals surface area contributed by atoms with Crippen molar-refractivity contribution in [2.45, 2.75) is 321 Å². The van der Waals surface area contributed by atoms with E-state index in [1.54, 1.807) is 6.08 Å². The van der Waals surface area contributed by atoms with Crippen molar-refractivity contribution in [1.82, 2.24) is 5.32 Å². The molecule has 1 amide bonds. The summed E-state index contributed by atoms with van der Waals surface area (Å²) in [4.78, 5) is 24.4. The van der Waals surface area contributed by atoms with E-state index in [4.69, 9.17) is 4.74 Å². The molecule has 0 heterocycles. The summed E-state index contributed by atoms with van der Waals surface area (Å²) in [7, 11) is 0. The Bertz CT molecular complexity index is 997. The van der Waals surface area contributed by atoms with Crippen LogP contribution >= 0.6 is 0 Å². The molecule has 6 heteroatoms. The van der Waals surface area contributed by atoms with Gasteiger partial charge in [-0.2, -0.15) is 0 Å². The van der Waals surface area contributed by atoms with Gasteiger partial charge in [-0.05, 0) is 57.8 Å². The smallest absolute Gasteiger partial charge is 0.305 e. The summed E-state index contributed by atoms with van der Waals surface area (Å²) in [5.74, 6) is -0.0621. The highest BCUT2D eigenvalue weighted by Crippen LogP contribution is 2.17. The van der Waals surface area contributed by atoms with Gasteiger partial charge in [-0.25, -0.2) is 0 Å². The van der Waals surface area contributed by atoms with Gasteiger partial charge in [-0.15, -0.1) is 0 Å². The normalized spacial score (nSPS) is 12.8. The lowest BCUT2D eigenvalue weighted by atomic mass is 10.0. The highest BCUT2D eigenvalue weighted by molar-refractivity contribution is 5.76. The summed E-state index contributed by atoms with van der Waals surface area (Å²) in [6, 6.07) is -0.624. The quantitative estimate of drug-likeness (QED) is 0.0321. The Balaban J connectivity index is 3.34. The number of ether oxygens (including phenoxy) is 1. The van der Waals surface area contributed by atoms with E-state index in [0.717, 1.165) is 44.9 Å². The highest BCUT2D eigenvalue weighted by atomic mass is 16.5. The van der Waals surface area contributed by atoms with Gasteiger partial charge in [0.05, 0.1) is 25.4 Å². The molecule has 0 aromatic rings. The molecule has 0 aliphatic carbocycles. The van der Waals surface area contributed by atoms with E-state index in [1.165, 1.54) is 238 Å². The number of carbonyl (C=O) groups is 2. The van der Waals surface area contributed by atoms with Gasteiger partial charge < -0.3 is 20.3 Å². The van der Waals surface area contributed by atoms with Crippen LogP contribution in [0.3, 0.4) is 0 Å². The second-order valence-electron chi connectivity index (χ2n) is 19.6. The molecule has 6 nitrogen and oxygen atoms in total. The van der Waals surface area contributed by atoms with Crippen molar-refractivity contribution in [3.63, 3.8) is 0 Å². The largest absolute Gasteiger partial charge is 0.466 e. The third-order valence-electron chi connectivity index (χ3n) is 13.2. The van der Waals surface area contributed by atoms with E-state index in [-0.39, 0.29) is 18.5 Å². The van der Waals surface area contributed by atoms with Crippen LogP contribution in [-0.2, 0) is 14.3 Å². The Morgan fingerprint density at radius 3 is 1.12 bits per heavy atom. The number of allylic oxidation sites excluding steroid dienone is 3. The van der Waals surface area contributed by atoms with E-state index in [9.17, 15) is 19.8 Å². The summed E-state index contributed by atoms with van der Waals surface area (Å²) in [5.41, 5.74) is 0. The molecule has 2 atom stereocenters. The fourth-order valence-corrected chi connectivity index (χ4v) is 8.81. The van der Waals surface area contributed by atoms with Crippen LogP contribution in [0.4, 0.5) is 0 Å². The third kappa shape index (κ3) is 49.8. The van der Waals surface area contributed by atoms with Gasteiger partial charge in [0.1, 0.15) is 0 Å². The molecule has 0 fully saturated rings. The van der Waals surface area contributed by atoms with Gasteiger partial charge in [0.2, 0.25) is 5.91 Å². The first-order valence-electron chi connectivity index (χ1n) is 28.6. The lowest BCUT2D eigenvalue weighted by Crippen LogP contribution is -2.45. The van der Waals surface area contributed by atoms with E-state index in [2.05, 4.69) is 31.3 Å². The fraction of sp³-hybridized carbons (Fsp3) is 0.897. The van der Waals surface area contributed by atoms with Gasteiger partial charge in [0.15, 0.2) is 0 Å². The number of unbranched alkanes of at least 4 members (excludes halogenated alkanes) is 40. The van der Waals surface area contributed by atoms with E-state index in [0.29, 0.717) is 19.4 Å². The van der Waals surface area contributed by atoms with Crippen LogP contribution < -0.4 is 5.32 Å². The monoisotopic (exact) mass is 902 g/mol. The molecule has 0 bridgehead atoms. The van der Waals surface area contributed by atoms with Crippen molar-refractivity contribution >= 4 is 11.9 Å². The molecule has 0 spiro atoms. The van der Waals surface area contributed by atoms with Crippen molar-refractivity contribution in [1.29, 1.82) is 0 Å². The topological polar surface area (TPSA) is 95.9 Å². The van der Waals surface area contributed by atoms with E-state index >= 15 is 0 Å². The summed E-state index contributed by atoms with van der Waals surface area (Å²) < 4.78 is 5.47. The number of amides is 1. The molecular formula is C58H111NO5. The average molecular weight is 903 g/mol. The molecular weight excluding hydrogens is 791 g/mol. The van der Waals surface area contributed by atoms with Crippen LogP contribution in [0.1, 0.15) is 309 Å². The van der Waals surface area contributed by atoms with Crippen LogP contribution in [-0.4, -0.2) is 47.4 Å². The third-order valence-corrected chi connectivity index (χ3v) is 13.2. The lowest BCUT2D eigenvalue weighted by Gasteiger charge is -2.20. The molecule has 0 aromatic carbocycles. The van der Waals surface area contributed by atoms with Crippen molar-refractivity contribution in [2.75, 3.05) is 13.2 Å². The fourth-order valence-electron chi connectivity index (χ4n) is 8.81. The molecule has 378 valence electrons. The van der Waals surface area contributed by atoms with Gasteiger partial charge >= 0.3 is 5.97 Å². The van der Waals surface area contributed by atoms with Crippen LogP contribution in [0.5, 0.6) is 0 Å². The highest BCUT2D eigenvalue weighted by Gasteiger charge is 2.18. The van der Waals surface area contributed by atoms with Gasteiger partial charge in [0, 0.05) is 12.8 Å². The minimum Gasteiger partial charge on any atom is -0.466 e. The molecule has 0 saturated heterocycles. The number of nitrogens with one attached hydrogen (secondary N) is 1. The van der Waals surface area contributed by atoms with Crippen LogP contribution in [0.25, 0.3) is 0 Å². The molecule has 64 heavy (non-hydrogen) atoms. The maximum Gasteiger partial charge on any atom is 0.305 e. The number of hydrogen-bond acceptors (Lipinski definition) is 5. The number of rotatable bonds is 53. The lowest BCUT2D eigenvalue weighted by molar-refractivity contribution is -0.143. The number of esters is 1. The zero-order valence-corrected chi connectivity index (χ0v) is 43.0. The van der Waals surface area contributed by atoms with Crippen molar-refractivity contribution in [3.05, 3.63) is 24.3 Å². The second-order valence-corrected chi connectivity index (χ2v) is 19.6. The molecule has 0 rings (SSSR count). The zero-order chi connectivity index (χ0) is 46.5. The molecule has 3 N–H and O–H groups in total. The minimum atomic E-state index is -0.840.